The summed E-state index contributed by atoms with van der Waals surface area (Å²) >= 11 is 0. The molecule has 1 N–H and O–H groups in total. The first-order chi connectivity index (χ1) is 8.00. The lowest BCUT2D eigenvalue weighted by Gasteiger charge is -2.12. The van der Waals surface area contributed by atoms with Crippen molar-refractivity contribution in [3.05, 3.63) is 60.2 Å². The fourth-order valence-electron chi connectivity index (χ4n) is 1.48. The van der Waals surface area contributed by atoms with Gasteiger partial charge in [-0.2, -0.15) is 0 Å². The molecule has 2 aromatic rings. The molecule has 0 bridgehead atoms. The van der Waals surface area contributed by atoms with E-state index in [1.807, 2.05) is 0 Å². The second-order valence-corrected chi connectivity index (χ2v) is 5.72. The summed E-state index contributed by atoms with van der Waals surface area (Å²) in [5.41, 5.74) is 0. The van der Waals surface area contributed by atoms with E-state index in [4.69, 9.17) is 0 Å². The van der Waals surface area contributed by atoms with Crippen LogP contribution >= 0.6 is 7.37 Å². The van der Waals surface area contributed by atoms with Crippen LogP contribution in [0.1, 0.15) is 0 Å². The third-order valence-corrected chi connectivity index (χ3v) is 4.27. The fourth-order valence-corrected chi connectivity index (χ4v) is 2.95. The largest absolute Gasteiger partial charge is 0.338 e. The van der Waals surface area contributed by atoms with Gasteiger partial charge >= 0.3 is 0 Å². The van der Waals surface area contributed by atoms with Gasteiger partial charge in [0.25, 0.3) is 7.37 Å². The summed E-state index contributed by atoms with van der Waals surface area (Å²) in [6.07, 6.45) is 0. The molecule has 0 saturated carbocycles. The lowest BCUT2D eigenvalue weighted by molar-refractivity contribution is 0.500. The van der Waals surface area contributed by atoms with Gasteiger partial charge in [-0.3, -0.25) is 4.57 Å². The Morgan fingerprint density at radius 2 is 1.29 bits per heavy atom. The average molecular weight is 254 g/mol. The minimum absolute atomic E-state index is 0.0527. The summed E-state index contributed by atoms with van der Waals surface area (Å²) < 4.78 is 38.1. The Bertz CT molecular complexity index is 549. The van der Waals surface area contributed by atoms with Crippen LogP contribution in [0.15, 0.2) is 48.5 Å². The van der Waals surface area contributed by atoms with Crippen LogP contribution in [0.3, 0.4) is 0 Å². The highest BCUT2D eigenvalue weighted by Gasteiger charge is 2.24. The van der Waals surface area contributed by atoms with Crippen LogP contribution in [0.4, 0.5) is 8.78 Å². The van der Waals surface area contributed by atoms with Crippen LogP contribution < -0.4 is 10.6 Å². The third kappa shape index (κ3) is 2.43. The Labute approximate surface area is 97.0 Å². The van der Waals surface area contributed by atoms with Crippen molar-refractivity contribution in [3.63, 3.8) is 0 Å². The van der Waals surface area contributed by atoms with Crippen molar-refractivity contribution in [2.45, 2.75) is 0 Å². The Morgan fingerprint density at radius 3 is 1.65 bits per heavy atom. The van der Waals surface area contributed by atoms with Gasteiger partial charge in [-0.15, -0.1) is 0 Å². The van der Waals surface area contributed by atoms with Crippen molar-refractivity contribution in [2.24, 2.45) is 0 Å². The monoisotopic (exact) mass is 254 g/mol. The molecule has 0 heterocycles. The normalized spacial score (nSPS) is 11.5. The first kappa shape index (κ1) is 12.0. The summed E-state index contributed by atoms with van der Waals surface area (Å²) in [6, 6.07) is 9.67. The van der Waals surface area contributed by atoms with Gasteiger partial charge in [0.05, 0.1) is 0 Å². The summed E-state index contributed by atoms with van der Waals surface area (Å²) in [6.45, 7) is 0. The van der Waals surface area contributed by atoms with Gasteiger partial charge in [0.1, 0.15) is 11.6 Å². The van der Waals surface area contributed by atoms with E-state index < -0.39 is 19.0 Å². The van der Waals surface area contributed by atoms with E-state index in [1.165, 1.54) is 36.4 Å². The van der Waals surface area contributed by atoms with Crippen molar-refractivity contribution in [3.8, 4) is 0 Å². The predicted molar refractivity (Wildman–Crippen MR) is 61.9 cm³/mol. The zero-order valence-electron chi connectivity index (χ0n) is 8.68. The zero-order valence-corrected chi connectivity index (χ0v) is 9.57. The maximum Gasteiger partial charge on any atom is 0.258 e. The number of rotatable bonds is 2. The molecule has 0 saturated heterocycles. The molecule has 0 aliphatic heterocycles. The lowest BCUT2D eigenvalue weighted by Crippen LogP contribution is -2.16. The van der Waals surface area contributed by atoms with Crippen molar-refractivity contribution in [1.82, 2.24) is 0 Å². The highest BCUT2D eigenvalue weighted by Crippen LogP contribution is 2.38. The number of hydrogen-bond acceptors (Lipinski definition) is 1. The second kappa shape index (κ2) is 4.40. The molecule has 2 rings (SSSR count). The molecule has 88 valence electrons. The van der Waals surface area contributed by atoms with Gasteiger partial charge in [-0.1, -0.05) is 12.1 Å². The van der Waals surface area contributed by atoms with Crippen LogP contribution in [0.25, 0.3) is 0 Å². The smallest absolute Gasteiger partial charge is 0.258 e. The van der Waals surface area contributed by atoms with E-state index in [1.54, 1.807) is 0 Å². The highest BCUT2D eigenvalue weighted by molar-refractivity contribution is 7.73. The summed E-state index contributed by atoms with van der Waals surface area (Å²) in [5, 5.41) is -0.105. The maximum absolute atomic E-state index is 13.0. The predicted octanol–water partition coefficient (Wildman–Crippen LogP) is 2.19. The van der Waals surface area contributed by atoms with Crippen LogP contribution in [-0.2, 0) is 4.57 Å². The molecule has 0 aromatic heterocycles. The third-order valence-electron chi connectivity index (χ3n) is 2.32. The number of hydrogen-bond donors (Lipinski definition) is 1. The van der Waals surface area contributed by atoms with Crippen molar-refractivity contribution in [2.75, 3.05) is 0 Å². The minimum atomic E-state index is -3.93. The number of benzene rings is 2. The molecule has 0 spiro atoms. The standard InChI is InChI=1S/C12H9F2O2P/c13-9-3-1-5-11(7-9)17(15,16)12-6-2-4-10(14)8-12/h1-8H,(H,15,16). The van der Waals surface area contributed by atoms with E-state index in [9.17, 15) is 18.2 Å². The van der Waals surface area contributed by atoms with Crippen LogP contribution in [0.5, 0.6) is 0 Å². The Balaban J connectivity index is 2.53. The van der Waals surface area contributed by atoms with Crippen LogP contribution in [0, 0.1) is 11.6 Å². The molecule has 0 radical (unpaired) electrons. The molecule has 0 unspecified atom stereocenters. The molecule has 2 aromatic carbocycles. The van der Waals surface area contributed by atoms with E-state index >= 15 is 0 Å². The lowest BCUT2D eigenvalue weighted by atomic mass is 10.3. The molecular weight excluding hydrogens is 245 g/mol. The van der Waals surface area contributed by atoms with Gasteiger partial charge in [-0.25, -0.2) is 8.78 Å². The zero-order chi connectivity index (χ0) is 12.5. The molecule has 0 aliphatic carbocycles. The summed E-state index contributed by atoms with van der Waals surface area (Å²) in [5.74, 6) is -1.21. The Hall–Kier alpha value is -1.51. The van der Waals surface area contributed by atoms with E-state index in [-0.39, 0.29) is 10.6 Å². The number of halogens is 2. The molecular formula is C12H9F2O2P. The van der Waals surface area contributed by atoms with Crippen LogP contribution in [-0.4, -0.2) is 4.89 Å². The van der Waals surface area contributed by atoms with Gasteiger partial charge in [-0.05, 0) is 36.4 Å². The van der Waals surface area contributed by atoms with E-state index in [0.29, 0.717) is 0 Å². The molecule has 5 heteroatoms. The topological polar surface area (TPSA) is 37.3 Å². The van der Waals surface area contributed by atoms with Crippen molar-refractivity contribution in [1.29, 1.82) is 0 Å². The molecule has 0 aliphatic rings. The average Bonchev–Trinajstić information content (AvgIpc) is 2.29. The summed E-state index contributed by atoms with van der Waals surface area (Å²) in [7, 11) is -3.93. The van der Waals surface area contributed by atoms with Crippen molar-refractivity contribution < 1.29 is 18.2 Å². The first-order valence-corrected chi connectivity index (χ1v) is 6.51. The van der Waals surface area contributed by atoms with Gasteiger partial charge in [0.2, 0.25) is 0 Å². The molecule has 0 atom stereocenters. The summed E-state index contributed by atoms with van der Waals surface area (Å²) in [4.78, 5) is 9.93. The molecule has 2 nitrogen and oxygen atoms in total. The molecule has 0 amide bonds. The van der Waals surface area contributed by atoms with Gasteiger partial charge in [0, 0.05) is 10.6 Å². The van der Waals surface area contributed by atoms with Crippen molar-refractivity contribution >= 4 is 18.0 Å². The van der Waals surface area contributed by atoms with Gasteiger partial charge in [0.15, 0.2) is 0 Å². The quantitative estimate of drug-likeness (QED) is 0.834. The van der Waals surface area contributed by atoms with E-state index in [2.05, 4.69) is 0 Å². The second-order valence-electron chi connectivity index (χ2n) is 3.54. The Kier molecular flexibility index (Phi) is 3.09. The van der Waals surface area contributed by atoms with E-state index in [0.717, 1.165) is 12.1 Å². The first-order valence-electron chi connectivity index (χ1n) is 4.85. The fraction of sp³-hybridized carbons (Fsp3) is 0. The SMILES string of the molecule is O=P(O)(c1cccc(F)c1)c1cccc(F)c1. The Morgan fingerprint density at radius 1 is 0.882 bits per heavy atom. The molecule has 0 fully saturated rings. The minimum Gasteiger partial charge on any atom is -0.338 e. The maximum atomic E-state index is 13.0. The molecule has 17 heavy (non-hydrogen) atoms. The van der Waals surface area contributed by atoms with Crippen LogP contribution in [0.2, 0.25) is 0 Å². The highest BCUT2D eigenvalue weighted by atomic mass is 31.2. The van der Waals surface area contributed by atoms with Gasteiger partial charge < -0.3 is 4.89 Å².